The third-order valence-corrected chi connectivity index (χ3v) is 7.68. The van der Waals surface area contributed by atoms with Crippen LogP contribution in [0.25, 0.3) is 10.9 Å². The number of nitrogens with zero attached hydrogens (tertiary/aromatic N) is 1. The third-order valence-electron chi connectivity index (χ3n) is 7.04. The summed E-state index contributed by atoms with van der Waals surface area (Å²) in [6.45, 7) is 0.304. The molecule has 1 spiro atoms. The van der Waals surface area contributed by atoms with E-state index in [4.69, 9.17) is 4.74 Å². The molecule has 2 aliphatic carbocycles. The van der Waals surface area contributed by atoms with Crippen molar-refractivity contribution in [2.24, 2.45) is 11.3 Å². The zero-order valence-electron chi connectivity index (χ0n) is 18.0. The minimum atomic E-state index is -0.409. The van der Waals surface area contributed by atoms with Crippen molar-refractivity contribution >= 4 is 38.7 Å². The number of fused-ring (bicyclic) bond motifs is 1. The van der Waals surface area contributed by atoms with Gasteiger partial charge in [-0.05, 0) is 82.9 Å². The van der Waals surface area contributed by atoms with E-state index in [2.05, 4.69) is 21.2 Å². The Labute approximate surface area is 198 Å². The van der Waals surface area contributed by atoms with Crippen molar-refractivity contribution in [3.8, 4) is 0 Å². The SMILES string of the molecule is COC(=O)C1CC2(CC(NC(=O)c3ccc(F)c4ccn(Cc5ccc(Br)c(F)c5)c34)C2)C1. The Morgan fingerprint density at radius 1 is 1.12 bits per heavy atom. The molecular formula is C25H23BrF2N2O3. The highest BCUT2D eigenvalue weighted by atomic mass is 79.9. The second kappa shape index (κ2) is 8.24. The fraction of sp³-hybridized carbons (Fsp3) is 0.360. The van der Waals surface area contributed by atoms with E-state index in [0.717, 1.165) is 25.7 Å². The van der Waals surface area contributed by atoms with Gasteiger partial charge in [0.2, 0.25) is 0 Å². The number of hydrogen-bond acceptors (Lipinski definition) is 3. The van der Waals surface area contributed by atoms with E-state index in [9.17, 15) is 18.4 Å². The fourth-order valence-corrected chi connectivity index (χ4v) is 5.69. The van der Waals surface area contributed by atoms with Gasteiger partial charge in [0.25, 0.3) is 5.91 Å². The molecule has 1 N–H and O–H groups in total. The maximum absolute atomic E-state index is 14.5. The van der Waals surface area contributed by atoms with Gasteiger partial charge in [0, 0.05) is 24.2 Å². The molecule has 172 valence electrons. The summed E-state index contributed by atoms with van der Waals surface area (Å²) in [6, 6.07) is 9.29. The zero-order valence-corrected chi connectivity index (χ0v) is 19.6. The van der Waals surface area contributed by atoms with Gasteiger partial charge in [0.1, 0.15) is 11.6 Å². The fourth-order valence-electron chi connectivity index (χ4n) is 5.44. The second-order valence-electron chi connectivity index (χ2n) is 9.26. The highest BCUT2D eigenvalue weighted by Crippen LogP contribution is 2.59. The Balaban J connectivity index is 1.33. The molecule has 5 nitrogen and oxygen atoms in total. The Kier molecular flexibility index (Phi) is 5.51. The average molecular weight is 517 g/mol. The molecule has 0 aliphatic heterocycles. The van der Waals surface area contributed by atoms with E-state index in [1.807, 2.05) is 0 Å². The van der Waals surface area contributed by atoms with Crippen LogP contribution >= 0.6 is 15.9 Å². The molecule has 3 aromatic rings. The van der Waals surface area contributed by atoms with E-state index >= 15 is 0 Å². The summed E-state index contributed by atoms with van der Waals surface area (Å²) in [6.07, 6.45) is 4.98. The molecule has 1 aromatic heterocycles. The number of ether oxygens (including phenoxy) is 1. The summed E-state index contributed by atoms with van der Waals surface area (Å²) < 4.78 is 35.4. The molecule has 2 aliphatic rings. The summed E-state index contributed by atoms with van der Waals surface area (Å²) in [7, 11) is 1.41. The lowest BCUT2D eigenvalue weighted by molar-refractivity contribution is -0.159. The maximum atomic E-state index is 14.5. The highest BCUT2D eigenvalue weighted by molar-refractivity contribution is 9.10. The molecule has 5 rings (SSSR count). The third kappa shape index (κ3) is 3.94. The van der Waals surface area contributed by atoms with Crippen LogP contribution in [0, 0.1) is 23.0 Å². The van der Waals surface area contributed by atoms with Crippen LogP contribution in [0.4, 0.5) is 8.78 Å². The van der Waals surface area contributed by atoms with Gasteiger partial charge in [0.05, 0.1) is 28.6 Å². The predicted molar refractivity (Wildman–Crippen MR) is 123 cm³/mol. The Bertz CT molecular complexity index is 1260. The van der Waals surface area contributed by atoms with Gasteiger partial charge in [-0.15, -0.1) is 0 Å². The van der Waals surface area contributed by atoms with Gasteiger partial charge < -0.3 is 14.6 Å². The largest absolute Gasteiger partial charge is 0.469 e. The number of hydrogen-bond donors (Lipinski definition) is 1. The lowest BCUT2D eigenvalue weighted by atomic mass is 9.50. The number of methoxy groups -OCH3 is 1. The van der Waals surface area contributed by atoms with Gasteiger partial charge >= 0.3 is 5.97 Å². The average Bonchev–Trinajstić information content (AvgIpc) is 3.15. The molecule has 2 saturated carbocycles. The Morgan fingerprint density at radius 3 is 2.58 bits per heavy atom. The molecule has 8 heteroatoms. The summed E-state index contributed by atoms with van der Waals surface area (Å²) in [5.41, 5.74) is 1.70. The van der Waals surface area contributed by atoms with Crippen LogP contribution < -0.4 is 5.32 Å². The monoisotopic (exact) mass is 516 g/mol. The molecule has 0 atom stereocenters. The van der Waals surface area contributed by atoms with Crippen molar-refractivity contribution in [1.29, 1.82) is 0 Å². The molecule has 0 radical (unpaired) electrons. The van der Waals surface area contributed by atoms with Crippen molar-refractivity contribution in [1.82, 2.24) is 9.88 Å². The van der Waals surface area contributed by atoms with Gasteiger partial charge in [0.15, 0.2) is 0 Å². The number of aromatic nitrogens is 1. The molecule has 2 fully saturated rings. The summed E-state index contributed by atoms with van der Waals surface area (Å²) in [4.78, 5) is 24.8. The molecule has 1 amide bonds. The second-order valence-corrected chi connectivity index (χ2v) is 10.1. The van der Waals surface area contributed by atoms with Gasteiger partial charge in [-0.2, -0.15) is 0 Å². The summed E-state index contributed by atoms with van der Waals surface area (Å²) in [5, 5.41) is 3.42. The number of esters is 1. The first-order valence-corrected chi connectivity index (χ1v) is 11.7. The van der Waals surface area contributed by atoms with Crippen molar-refractivity contribution < 1.29 is 23.1 Å². The molecule has 1 heterocycles. The number of benzene rings is 2. The highest BCUT2D eigenvalue weighted by Gasteiger charge is 2.55. The zero-order chi connectivity index (χ0) is 23.3. The number of nitrogens with one attached hydrogen (secondary N) is 1. The number of amides is 1. The maximum Gasteiger partial charge on any atom is 0.308 e. The van der Waals surface area contributed by atoms with E-state index in [1.54, 1.807) is 29.0 Å². The van der Waals surface area contributed by atoms with Crippen LogP contribution in [0.15, 0.2) is 47.1 Å². The number of rotatable bonds is 5. The first-order chi connectivity index (χ1) is 15.8. The van der Waals surface area contributed by atoms with Crippen LogP contribution in [-0.4, -0.2) is 29.6 Å². The van der Waals surface area contributed by atoms with Crippen molar-refractivity contribution in [3.63, 3.8) is 0 Å². The summed E-state index contributed by atoms with van der Waals surface area (Å²) in [5.74, 6) is -1.24. The van der Waals surface area contributed by atoms with Crippen molar-refractivity contribution in [3.05, 3.63) is 69.8 Å². The standard InChI is InChI=1S/C25H23BrF2N2O3/c1-33-24(32)15-9-25(10-15)11-16(12-25)29-23(31)18-3-5-20(27)17-6-7-30(22(17)18)13-14-2-4-19(26)21(28)8-14/h2-8,15-16H,9-13H2,1H3,(H,29,31). The minimum Gasteiger partial charge on any atom is -0.469 e. The topological polar surface area (TPSA) is 60.3 Å². The van der Waals surface area contributed by atoms with Crippen LogP contribution in [0.2, 0.25) is 0 Å². The molecule has 2 aromatic carbocycles. The van der Waals surface area contributed by atoms with E-state index < -0.39 is 5.82 Å². The van der Waals surface area contributed by atoms with Crippen LogP contribution in [0.3, 0.4) is 0 Å². The van der Waals surface area contributed by atoms with Crippen LogP contribution in [0.1, 0.15) is 41.6 Å². The first kappa shape index (κ1) is 22.1. The van der Waals surface area contributed by atoms with E-state index in [0.29, 0.717) is 33.0 Å². The Morgan fingerprint density at radius 2 is 1.88 bits per heavy atom. The van der Waals surface area contributed by atoms with Crippen LogP contribution in [0.5, 0.6) is 0 Å². The Hall–Kier alpha value is -2.74. The number of carbonyl (C=O) groups is 2. The van der Waals surface area contributed by atoms with E-state index in [-0.39, 0.29) is 35.1 Å². The van der Waals surface area contributed by atoms with Gasteiger partial charge in [-0.25, -0.2) is 8.78 Å². The van der Waals surface area contributed by atoms with Gasteiger partial charge in [-0.3, -0.25) is 9.59 Å². The molecule has 33 heavy (non-hydrogen) atoms. The minimum absolute atomic E-state index is 0.0279. The van der Waals surface area contributed by atoms with Crippen LogP contribution in [-0.2, 0) is 16.1 Å². The molecular weight excluding hydrogens is 494 g/mol. The molecule has 0 bridgehead atoms. The lowest BCUT2D eigenvalue weighted by Gasteiger charge is -2.56. The van der Waals surface area contributed by atoms with Crippen molar-refractivity contribution in [2.75, 3.05) is 7.11 Å². The predicted octanol–water partition coefficient (Wildman–Crippen LogP) is 5.19. The van der Waals surface area contributed by atoms with Gasteiger partial charge in [-0.1, -0.05) is 6.07 Å². The molecule has 0 saturated heterocycles. The van der Waals surface area contributed by atoms with E-state index in [1.165, 1.54) is 25.3 Å². The normalized spacial score (nSPS) is 23.8. The number of halogens is 3. The smallest absolute Gasteiger partial charge is 0.308 e. The quantitative estimate of drug-likeness (QED) is 0.474. The summed E-state index contributed by atoms with van der Waals surface area (Å²) >= 11 is 3.15. The van der Waals surface area contributed by atoms with Crippen molar-refractivity contribution in [2.45, 2.75) is 38.3 Å². The lowest BCUT2D eigenvalue weighted by Crippen LogP contribution is -2.57. The molecule has 0 unspecified atom stereocenters. The number of carbonyl (C=O) groups excluding carboxylic acids is 2. The first-order valence-electron chi connectivity index (χ1n) is 10.9.